The second kappa shape index (κ2) is 10.8. The molecule has 0 saturated heterocycles. The first-order valence-electron chi connectivity index (χ1n) is 12.7. The largest absolute Gasteiger partial charge is 0.352 e. The fraction of sp³-hybridized carbons (Fsp3) is 0.321. The first-order chi connectivity index (χ1) is 18.3. The van der Waals surface area contributed by atoms with E-state index in [1.807, 2.05) is 31.2 Å². The highest BCUT2D eigenvalue weighted by atomic mass is 35.5. The van der Waals surface area contributed by atoms with Crippen LogP contribution in [0, 0.1) is 0 Å². The van der Waals surface area contributed by atoms with Gasteiger partial charge in [-0.15, -0.1) is 11.6 Å². The molecule has 1 unspecified atom stereocenters. The highest BCUT2D eigenvalue weighted by Crippen LogP contribution is 2.29. The van der Waals surface area contributed by atoms with Crippen molar-refractivity contribution in [3.8, 4) is 0 Å². The van der Waals surface area contributed by atoms with E-state index in [0.29, 0.717) is 29.5 Å². The van der Waals surface area contributed by atoms with E-state index >= 15 is 0 Å². The molecule has 1 aromatic heterocycles. The van der Waals surface area contributed by atoms with Gasteiger partial charge in [-0.25, -0.2) is 9.98 Å². The third-order valence-corrected chi connectivity index (χ3v) is 7.17. The van der Waals surface area contributed by atoms with Gasteiger partial charge in [0.15, 0.2) is 0 Å². The van der Waals surface area contributed by atoms with Crippen LogP contribution in [0.5, 0.6) is 0 Å². The molecule has 1 fully saturated rings. The lowest BCUT2D eigenvalue weighted by atomic mass is 9.90. The van der Waals surface area contributed by atoms with E-state index in [9.17, 15) is 9.59 Å². The molecule has 38 heavy (non-hydrogen) atoms. The summed E-state index contributed by atoms with van der Waals surface area (Å²) in [4.78, 5) is 33.0. The van der Waals surface area contributed by atoms with Gasteiger partial charge in [-0.2, -0.15) is 5.10 Å². The molecule has 1 aliphatic carbocycles. The van der Waals surface area contributed by atoms with Gasteiger partial charge in [0.05, 0.1) is 17.8 Å². The zero-order valence-corrected chi connectivity index (χ0v) is 21.9. The minimum absolute atomic E-state index is 0.0233. The molecule has 2 heterocycles. The number of aromatic amines is 1. The third kappa shape index (κ3) is 5.62. The van der Waals surface area contributed by atoms with Gasteiger partial charge in [0.25, 0.3) is 5.91 Å². The van der Waals surface area contributed by atoms with Crippen molar-refractivity contribution in [2.24, 2.45) is 9.98 Å². The zero-order chi connectivity index (χ0) is 26.7. The molecular weight excluding hydrogens is 502 g/mol. The molecule has 9 nitrogen and oxygen atoms in total. The fourth-order valence-corrected chi connectivity index (χ4v) is 5.07. The molecule has 3 aromatic rings. The molecule has 5 rings (SSSR count). The Hall–Kier alpha value is -3.98. The number of benzene rings is 2. The third-order valence-electron chi connectivity index (χ3n) is 6.87. The average Bonchev–Trinajstić information content (AvgIpc) is 3.34. The summed E-state index contributed by atoms with van der Waals surface area (Å²) in [6.07, 6.45) is 4.78. The minimum Gasteiger partial charge on any atom is -0.352 e. The van der Waals surface area contributed by atoms with Gasteiger partial charge in [0.2, 0.25) is 11.9 Å². The second-order valence-electron chi connectivity index (χ2n) is 9.86. The number of hydrogen-bond donors (Lipinski definition) is 4. The van der Waals surface area contributed by atoms with Crippen molar-refractivity contribution >= 4 is 51.7 Å². The summed E-state index contributed by atoms with van der Waals surface area (Å²) >= 11 is 6.83. The van der Waals surface area contributed by atoms with Crippen LogP contribution in [-0.4, -0.2) is 57.2 Å². The first-order valence-corrected chi connectivity index (χ1v) is 13.1. The Morgan fingerprint density at radius 1 is 1.13 bits per heavy atom. The molecule has 0 radical (unpaired) electrons. The number of anilines is 1. The molecule has 2 aliphatic rings. The van der Waals surface area contributed by atoms with Crippen LogP contribution in [0.25, 0.3) is 10.9 Å². The first kappa shape index (κ1) is 25.7. The van der Waals surface area contributed by atoms with Crippen molar-refractivity contribution in [1.29, 1.82) is 0 Å². The van der Waals surface area contributed by atoms with Gasteiger partial charge in [0.1, 0.15) is 10.6 Å². The number of amides is 2. The number of carbonyl (C=O) groups is 2. The molecule has 3 atom stereocenters. The maximum atomic E-state index is 12.8. The Morgan fingerprint density at radius 2 is 1.89 bits per heavy atom. The van der Waals surface area contributed by atoms with Crippen LogP contribution >= 0.6 is 11.6 Å². The zero-order valence-electron chi connectivity index (χ0n) is 21.1. The van der Waals surface area contributed by atoms with E-state index in [4.69, 9.17) is 16.6 Å². The second-order valence-corrected chi connectivity index (χ2v) is 10.7. The minimum atomic E-state index is -0.768. The predicted molar refractivity (Wildman–Crippen MR) is 151 cm³/mol. The molecule has 1 saturated carbocycles. The van der Waals surface area contributed by atoms with Gasteiger partial charge in [0, 0.05) is 28.7 Å². The van der Waals surface area contributed by atoms with E-state index < -0.39 is 4.87 Å². The number of guanidine groups is 1. The van der Waals surface area contributed by atoms with Crippen LogP contribution in [0.1, 0.15) is 48.7 Å². The highest BCUT2D eigenvalue weighted by molar-refractivity contribution is 6.41. The maximum Gasteiger partial charge on any atom is 0.251 e. The predicted octanol–water partition coefficient (Wildman–Crippen LogP) is 4.17. The smallest absolute Gasteiger partial charge is 0.251 e. The van der Waals surface area contributed by atoms with Crippen LogP contribution < -0.4 is 16.0 Å². The van der Waals surface area contributed by atoms with E-state index in [1.165, 1.54) is 6.08 Å². The number of halogens is 1. The number of nitrogens with zero attached hydrogens (tertiary/aromatic N) is 3. The lowest BCUT2D eigenvalue weighted by Gasteiger charge is -2.32. The average molecular weight is 532 g/mol. The summed E-state index contributed by atoms with van der Waals surface area (Å²) in [5, 5.41) is 17.8. The summed E-state index contributed by atoms with van der Waals surface area (Å²) in [5.74, 6) is 0.102. The van der Waals surface area contributed by atoms with E-state index in [2.05, 4.69) is 37.7 Å². The lowest BCUT2D eigenvalue weighted by molar-refractivity contribution is -0.111. The monoisotopic (exact) mass is 531 g/mol. The number of fused-ring (bicyclic) bond motifs is 1. The number of carbonyl (C=O) groups excluding carboxylic acids is 2. The number of para-hydroxylation sites is 1. The van der Waals surface area contributed by atoms with Crippen LogP contribution in [0.3, 0.4) is 0 Å². The van der Waals surface area contributed by atoms with E-state index in [1.54, 1.807) is 24.3 Å². The molecule has 0 bridgehead atoms. The highest BCUT2D eigenvalue weighted by Gasteiger charge is 2.35. The van der Waals surface area contributed by atoms with E-state index in [-0.39, 0.29) is 23.9 Å². The Bertz CT molecular complexity index is 1420. The molecule has 4 N–H and O–H groups in total. The van der Waals surface area contributed by atoms with E-state index in [0.717, 1.165) is 42.3 Å². The number of rotatable bonds is 6. The van der Waals surface area contributed by atoms with Gasteiger partial charge in [-0.3, -0.25) is 14.7 Å². The van der Waals surface area contributed by atoms with Crippen LogP contribution in [0.2, 0.25) is 0 Å². The molecule has 0 spiro atoms. The van der Waals surface area contributed by atoms with Gasteiger partial charge < -0.3 is 16.0 Å². The van der Waals surface area contributed by atoms with Crippen molar-refractivity contribution in [2.45, 2.75) is 49.6 Å². The number of aliphatic imine (C=N–C) groups is 2. The Kier molecular flexibility index (Phi) is 7.28. The Morgan fingerprint density at radius 3 is 2.68 bits per heavy atom. The van der Waals surface area contributed by atoms with Gasteiger partial charge in [-0.1, -0.05) is 24.8 Å². The SMILES string of the molecule is C=CC(=O)Nc1ccc(C(=O)N[C@H]2CCC[C@@H](NC3=NCC(C)(Cl)C(c4n[nH]c5ccccc45)=N3)C2)cc1. The van der Waals surface area contributed by atoms with Crippen LogP contribution in [-0.2, 0) is 4.79 Å². The quantitative estimate of drug-likeness (QED) is 0.281. The summed E-state index contributed by atoms with van der Waals surface area (Å²) < 4.78 is 0. The van der Waals surface area contributed by atoms with Crippen molar-refractivity contribution in [3.05, 3.63) is 72.4 Å². The lowest BCUT2D eigenvalue weighted by Crippen LogP contribution is -2.47. The number of hydrogen-bond acceptors (Lipinski definition) is 6. The molecule has 196 valence electrons. The normalized spacial score (nSPS) is 23.2. The molecule has 1 aliphatic heterocycles. The van der Waals surface area contributed by atoms with Gasteiger partial charge >= 0.3 is 0 Å². The van der Waals surface area contributed by atoms with Crippen LogP contribution in [0.15, 0.2) is 71.2 Å². The number of nitrogens with one attached hydrogen (secondary N) is 4. The molecule has 2 amide bonds. The number of alkyl halides is 1. The van der Waals surface area contributed by atoms with Crippen LogP contribution in [0.4, 0.5) is 5.69 Å². The summed E-state index contributed by atoms with van der Waals surface area (Å²) in [6.45, 7) is 5.73. The standard InChI is InChI=1S/C28H30ClN7O2/c1-3-23(37)31-18-13-11-17(12-14-18)26(38)32-19-7-6-8-20(15-19)33-27-30-16-28(2,29)25(34-27)24-21-9-4-5-10-22(21)35-36-24/h3-5,9-14,19-20H,1,6-8,15-16H2,2H3,(H,30,33)(H,31,37)(H,32,38)(H,35,36)/t19-,20+,28?/m0/s1. The molecular formula is C28H30ClN7O2. The topological polar surface area (TPSA) is 124 Å². The fourth-order valence-electron chi connectivity index (χ4n) is 4.88. The van der Waals surface area contributed by atoms with Crippen molar-refractivity contribution in [2.75, 3.05) is 11.9 Å². The summed E-state index contributed by atoms with van der Waals surface area (Å²) in [7, 11) is 0. The number of aromatic nitrogens is 2. The van der Waals surface area contributed by atoms with Crippen molar-refractivity contribution in [1.82, 2.24) is 20.8 Å². The summed E-state index contributed by atoms with van der Waals surface area (Å²) in [5.41, 5.74) is 3.49. The summed E-state index contributed by atoms with van der Waals surface area (Å²) in [6, 6.07) is 14.8. The maximum absolute atomic E-state index is 12.8. The Balaban J connectivity index is 1.23. The molecule has 2 aromatic carbocycles. The van der Waals surface area contributed by atoms with Crippen molar-refractivity contribution < 1.29 is 9.59 Å². The molecule has 10 heteroatoms. The number of H-pyrrole nitrogens is 1. The van der Waals surface area contributed by atoms with Gasteiger partial charge in [-0.05, 0) is 69.0 Å². The van der Waals surface area contributed by atoms with Crippen molar-refractivity contribution in [3.63, 3.8) is 0 Å². The Labute approximate surface area is 225 Å².